The van der Waals surface area contributed by atoms with Crippen LogP contribution < -0.4 is 11.1 Å². The van der Waals surface area contributed by atoms with E-state index in [4.69, 9.17) is 5.73 Å². The van der Waals surface area contributed by atoms with E-state index in [2.05, 4.69) is 17.4 Å². The van der Waals surface area contributed by atoms with Crippen LogP contribution in [0, 0.1) is 5.41 Å². The fourth-order valence-electron chi connectivity index (χ4n) is 2.95. The maximum absolute atomic E-state index is 12.4. The monoisotopic (exact) mass is 367 g/mol. The number of nitrogens with two attached hydrogens (primary N) is 1. The lowest BCUT2D eigenvalue weighted by Gasteiger charge is -2.19. The fraction of sp³-hybridized carbons (Fsp3) is 0.579. The van der Waals surface area contributed by atoms with Gasteiger partial charge in [-0.25, -0.2) is 0 Å². The molecule has 3 N–H and O–H groups in total. The van der Waals surface area contributed by atoms with Crippen LogP contribution in [0.4, 0.5) is 0 Å². The highest BCUT2D eigenvalue weighted by atomic mass is 35.5. The minimum Gasteiger partial charge on any atom is -0.356 e. The van der Waals surface area contributed by atoms with Crippen molar-refractivity contribution in [2.24, 2.45) is 11.1 Å². The van der Waals surface area contributed by atoms with Crippen molar-refractivity contribution in [3.05, 3.63) is 35.9 Å². The van der Waals surface area contributed by atoms with E-state index < -0.39 is 5.41 Å². The molecular weight excluding hydrogens is 338 g/mol. The first-order valence-electron chi connectivity index (χ1n) is 8.65. The second-order valence-electron chi connectivity index (χ2n) is 7.59. The third kappa shape index (κ3) is 6.01. The Morgan fingerprint density at radius 2 is 1.84 bits per heavy atom. The first kappa shape index (κ1) is 21.5. The quantitative estimate of drug-likeness (QED) is 0.784. The molecule has 0 spiro atoms. The summed E-state index contributed by atoms with van der Waals surface area (Å²) in [6.07, 6.45) is 1.10. The Hall–Kier alpha value is -1.59. The van der Waals surface area contributed by atoms with Crippen LogP contribution in [-0.2, 0) is 9.59 Å². The summed E-state index contributed by atoms with van der Waals surface area (Å²) in [6, 6.07) is 10.1. The summed E-state index contributed by atoms with van der Waals surface area (Å²) in [6.45, 7) is 7.45. The van der Waals surface area contributed by atoms with Crippen LogP contribution in [0.3, 0.4) is 0 Å². The van der Waals surface area contributed by atoms with Gasteiger partial charge in [-0.1, -0.05) is 51.1 Å². The molecule has 0 unspecified atom stereocenters. The van der Waals surface area contributed by atoms with E-state index in [0.717, 1.165) is 0 Å². The van der Waals surface area contributed by atoms with Gasteiger partial charge in [0.1, 0.15) is 0 Å². The second-order valence-corrected chi connectivity index (χ2v) is 7.59. The van der Waals surface area contributed by atoms with Gasteiger partial charge in [-0.05, 0) is 12.0 Å². The van der Waals surface area contributed by atoms with E-state index >= 15 is 0 Å². The van der Waals surface area contributed by atoms with Crippen LogP contribution in [0.2, 0.25) is 0 Å². The molecule has 6 heteroatoms. The molecule has 0 bridgehead atoms. The van der Waals surface area contributed by atoms with Crippen LogP contribution in [0.15, 0.2) is 30.3 Å². The van der Waals surface area contributed by atoms with Gasteiger partial charge in [0.05, 0.1) is 0 Å². The third-order valence-corrected chi connectivity index (χ3v) is 4.48. The van der Waals surface area contributed by atoms with E-state index in [-0.39, 0.29) is 36.2 Å². The van der Waals surface area contributed by atoms with E-state index in [1.165, 1.54) is 5.56 Å². The largest absolute Gasteiger partial charge is 0.356 e. The molecule has 1 aromatic carbocycles. The van der Waals surface area contributed by atoms with Crippen molar-refractivity contribution >= 4 is 24.2 Å². The van der Waals surface area contributed by atoms with Crippen molar-refractivity contribution in [1.82, 2.24) is 10.2 Å². The van der Waals surface area contributed by atoms with Crippen LogP contribution in [0.5, 0.6) is 0 Å². The molecule has 5 nitrogen and oxygen atoms in total. The molecule has 1 fully saturated rings. The SMILES string of the molecule is CC(C)(C)C(=O)NCCCC(=O)N1C[C@@H](N)[C@H](c2ccccc2)C1.Cl. The van der Waals surface area contributed by atoms with Crippen molar-refractivity contribution in [2.75, 3.05) is 19.6 Å². The highest BCUT2D eigenvalue weighted by Crippen LogP contribution is 2.26. The van der Waals surface area contributed by atoms with Gasteiger partial charge >= 0.3 is 0 Å². The highest BCUT2D eigenvalue weighted by Gasteiger charge is 2.33. The van der Waals surface area contributed by atoms with Crippen molar-refractivity contribution in [3.8, 4) is 0 Å². The molecule has 1 heterocycles. The molecule has 0 aliphatic carbocycles. The number of carbonyl (C=O) groups excluding carboxylic acids is 2. The molecule has 1 aromatic rings. The molecule has 2 rings (SSSR count). The van der Waals surface area contributed by atoms with Crippen LogP contribution in [-0.4, -0.2) is 42.4 Å². The number of carbonyl (C=O) groups is 2. The summed E-state index contributed by atoms with van der Waals surface area (Å²) in [5, 5.41) is 2.88. The van der Waals surface area contributed by atoms with Crippen molar-refractivity contribution in [2.45, 2.75) is 45.6 Å². The molecular formula is C19H30ClN3O2. The van der Waals surface area contributed by atoms with Gasteiger partial charge < -0.3 is 16.0 Å². The van der Waals surface area contributed by atoms with Crippen LogP contribution in [0.25, 0.3) is 0 Å². The number of halogens is 1. The zero-order valence-corrected chi connectivity index (χ0v) is 16.1. The average Bonchev–Trinajstić information content (AvgIpc) is 2.93. The van der Waals surface area contributed by atoms with E-state index in [9.17, 15) is 9.59 Å². The van der Waals surface area contributed by atoms with Gasteiger partial charge in [-0.3, -0.25) is 9.59 Å². The zero-order valence-electron chi connectivity index (χ0n) is 15.3. The normalized spacial score (nSPS) is 20.1. The summed E-state index contributed by atoms with van der Waals surface area (Å²) < 4.78 is 0. The Morgan fingerprint density at radius 3 is 2.44 bits per heavy atom. The van der Waals surface area contributed by atoms with Gasteiger partial charge in [-0.15, -0.1) is 12.4 Å². The van der Waals surface area contributed by atoms with E-state index in [1.54, 1.807) is 0 Å². The Kier molecular flexibility index (Phi) is 7.90. The Bertz CT molecular complexity index is 572. The molecule has 2 amide bonds. The molecule has 2 atom stereocenters. The molecule has 0 aromatic heterocycles. The lowest BCUT2D eigenvalue weighted by atomic mass is 9.95. The maximum Gasteiger partial charge on any atom is 0.225 e. The van der Waals surface area contributed by atoms with Gasteiger partial charge in [0.15, 0.2) is 0 Å². The number of nitrogens with zero attached hydrogens (tertiary/aromatic N) is 1. The van der Waals surface area contributed by atoms with Crippen molar-refractivity contribution in [3.63, 3.8) is 0 Å². The summed E-state index contributed by atoms with van der Waals surface area (Å²) >= 11 is 0. The Balaban J connectivity index is 0.00000312. The first-order valence-corrected chi connectivity index (χ1v) is 8.65. The predicted molar refractivity (Wildman–Crippen MR) is 103 cm³/mol. The number of rotatable bonds is 5. The molecule has 1 saturated heterocycles. The third-order valence-electron chi connectivity index (χ3n) is 4.48. The van der Waals surface area contributed by atoms with E-state index in [1.807, 2.05) is 43.9 Å². The summed E-state index contributed by atoms with van der Waals surface area (Å²) in [5.41, 5.74) is 7.03. The molecule has 1 aliphatic rings. The van der Waals surface area contributed by atoms with Crippen LogP contribution >= 0.6 is 12.4 Å². The standard InChI is InChI=1S/C19H29N3O2.ClH/c1-19(2,3)18(24)21-11-7-10-17(23)22-12-15(16(20)13-22)14-8-5-4-6-9-14;/h4-6,8-9,15-16H,7,10-13,20H2,1-3H3,(H,21,24);1H/t15-,16+;/m0./s1. The van der Waals surface area contributed by atoms with Crippen molar-refractivity contribution in [1.29, 1.82) is 0 Å². The summed E-state index contributed by atoms with van der Waals surface area (Å²) in [7, 11) is 0. The van der Waals surface area contributed by atoms with Crippen LogP contribution in [0.1, 0.15) is 45.1 Å². The zero-order chi connectivity index (χ0) is 17.7. The van der Waals surface area contributed by atoms with Gasteiger partial charge in [0, 0.05) is 43.4 Å². The average molecular weight is 368 g/mol. The number of likely N-dealkylation sites (tertiary alicyclic amines) is 1. The minimum atomic E-state index is -0.394. The lowest BCUT2D eigenvalue weighted by Crippen LogP contribution is -2.36. The lowest BCUT2D eigenvalue weighted by molar-refractivity contribution is -0.131. The van der Waals surface area contributed by atoms with Gasteiger partial charge in [0.25, 0.3) is 0 Å². The minimum absolute atomic E-state index is 0. The molecule has 0 saturated carbocycles. The number of hydrogen-bond donors (Lipinski definition) is 2. The smallest absolute Gasteiger partial charge is 0.225 e. The topological polar surface area (TPSA) is 75.4 Å². The first-order chi connectivity index (χ1) is 11.3. The van der Waals surface area contributed by atoms with Crippen molar-refractivity contribution < 1.29 is 9.59 Å². The predicted octanol–water partition coefficient (Wildman–Crippen LogP) is 2.30. The van der Waals surface area contributed by atoms with Gasteiger partial charge in [-0.2, -0.15) is 0 Å². The number of benzene rings is 1. The summed E-state index contributed by atoms with van der Waals surface area (Å²) in [5.74, 6) is 0.340. The number of nitrogens with one attached hydrogen (secondary N) is 1. The molecule has 1 aliphatic heterocycles. The number of amides is 2. The summed E-state index contributed by atoms with van der Waals surface area (Å²) in [4.78, 5) is 26.0. The molecule has 0 radical (unpaired) electrons. The second kappa shape index (κ2) is 9.20. The fourth-order valence-corrected chi connectivity index (χ4v) is 2.95. The Labute approximate surface area is 156 Å². The van der Waals surface area contributed by atoms with E-state index in [0.29, 0.717) is 32.5 Å². The van der Waals surface area contributed by atoms with Gasteiger partial charge in [0.2, 0.25) is 11.8 Å². The molecule has 25 heavy (non-hydrogen) atoms. The maximum atomic E-state index is 12.4. The number of hydrogen-bond acceptors (Lipinski definition) is 3. The highest BCUT2D eigenvalue weighted by molar-refractivity contribution is 5.85. The molecule has 140 valence electrons. The Morgan fingerprint density at radius 1 is 1.20 bits per heavy atom.